The van der Waals surface area contributed by atoms with Gasteiger partial charge in [-0.25, -0.2) is 0 Å². The molecule has 0 fully saturated rings. The van der Waals surface area contributed by atoms with E-state index in [2.05, 4.69) is 50.5 Å². The van der Waals surface area contributed by atoms with Crippen molar-refractivity contribution in [3.05, 3.63) is 11.6 Å². The molecule has 0 saturated heterocycles. The van der Waals surface area contributed by atoms with Gasteiger partial charge in [0, 0.05) is 37.8 Å². The van der Waals surface area contributed by atoms with Crippen LogP contribution < -0.4 is 10.6 Å². The molecule has 0 aromatic carbocycles. The molecular weight excluding hydrogens is 296 g/mol. The maximum absolute atomic E-state index is 4.32. The molecule has 2 N–H and O–H groups in total. The van der Waals surface area contributed by atoms with E-state index in [-0.39, 0.29) is 4.75 Å². The molecule has 2 rings (SSSR count). The van der Waals surface area contributed by atoms with E-state index >= 15 is 0 Å². The Morgan fingerprint density at radius 1 is 1.41 bits per heavy atom. The molecule has 1 aromatic heterocycles. The Morgan fingerprint density at radius 3 is 2.86 bits per heavy atom. The Balaban J connectivity index is 1.81. The molecule has 22 heavy (non-hydrogen) atoms. The van der Waals surface area contributed by atoms with E-state index in [0.29, 0.717) is 5.92 Å². The van der Waals surface area contributed by atoms with Crippen molar-refractivity contribution in [2.24, 2.45) is 10.9 Å². The summed E-state index contributed by atoms with van der Waals surface area (Å²) >= 11 is 1.86. The maximum Gasteiger partial charge on any atom is 0.191 e. The quantitative estimate of drug-likeness (QED) is 0.634. The number of hydrogen-bond acceptors (Lipinski definition) is 4. The number of aryl methyl sites for hydroxylation is 2. The third-order valence-electron chi connectivity index (χ3n) is 4.25. The third kappa shape index (κ3) is 4.38. The molecule has 0 saturated carbocycles. The van der Waals surface area contributed by atoms with Crippen molar-refractivity contribution >= 4 is 17.7 Å². The number of fused-ring (bicyclic) bond motifs is 1. The van der Waals surface area contributed by atoms with Gasteiger partial charge in [-0.3, -0.25) is 4.99 Å². The average molecular weight is 324 g/mol. The fraction of sp³-hybridized carbons (Fsp3) is 0.800. The normalized spacial score (nSPS) is 19.0. The van der Waals surface area contributed by atoms with Crippen LogP contribution in [0, 0.1) is 12.8 Å². The van der Waals surface area contributed by atoms with E-state index in [4.69, 9.17) is 0 Å². The van der Waals surface area contributed by atoms with Gasteiger partial charge < -0.3 is 15.2 Å². The highest BCUT2D eigenvalue weighted by Crippen LogP contribution is 2.20. The van der Waals surface area contributed by atoms with E-state index in [1.807, 2.05) is 25.7 Å². The predicted octanol–water partition coefficient (Wildman–Crippen LogP) is 1.46. The first-order valence-corrected chi connectivity index (χ1v) is 9.06. The van der Waals surface area contributed by atoms with E-state index in [9.17, 15) is 0 Å². The van der Waals surface area contributed by atoms with Gasteiger partial charge >= 0.3 is 0 Å². The van der Waals surface area contributed by atoms with Crippen molar-refractivity contribution in [1.29, 1.82) is 0 Å². The van der Waals surface area contributed by atoms with Gasteiger partial charge in [0.15, 0.2) is 5.96 Å². The molecule has 0 amide bonds. The van der Waals surface area contributed by atoms with Crippen LogP contribution in [0.25, 0.3) is 0 Å². The highest BCUT2D eigenvalue weighted by molar-refractivity contribution is 7.99. The highest BCUT2D eigenvalue weighted by Gasteiger charge is 2.22. The lowest BCUT2D eigenvalue weighted by Gasteiger charge is -2.26. The molecule has 1 aliphatic rings. The van der Waals surface area contributed by atoms with E-state index in [0.717, 1.165) is 50.1 Å². The molecule has 1 unspecified atom stereocenters. The lowest BCUT2D eigenvalue weighted by Crippen LogP contribution is -2.45. The zero-order valence-corrected chi connectivity index (χ0v) is 15.1. The Labute approximate surface area is 137 Å². The summed E-state index contributed by atoms with van der Waals surface area (Å²) in [7, 11) is 1.82. The largest absolute Gasteiger partial charge is 0.356 e. The van der Waals surface area contributed by atoms with Gasteiger partial charge in [-0.2, -0.15) is 11.8 Å². The summed E-state index contributed by atoms with van der Waals surface area (Å²) in [6, 6.07) is 0. The van der Waals surface area contributed by atoms with Gasteiger partial charge in [0.1, 0.15) is 11.6 Å². The first-order chi connectivity index (χ1) is 10.4. The van der Waals surface area contributed by atoms with Crippen LogP contribution in [0.4, 0.5) is 0 Å². The van der Waals surface area contributed by atoms with Crippen LogP contribution in [0.2, 0.25) is 0 Å². The molecule has 0 spiro atoms. The van der Waals surface area contributed by atoms with Crippen LogP contribution in [0.3, 0.4) is 0 Å². The monoisotopic (exact) mass is 324 g/mol. The van der Waals surface area contributed by atoms with Gasteiger partial charge in [-0.05, 0) is 39.4 Å². The van der Waals surface area contributed by atoms with E-state index < -0.39 is 0 Å². The molecule has 6 nitrogen and oxygen atoms in total. The van der Waals surface area contributed by atoms with Crippen molar-refractivity contribution in [3.63, 3.8) is 0 Å². The summed E-state index contributed by atoms with van der Waals surface area (Å²) in [5, 5.41) is 15.3. The van der Waals surface area contributed by atoms with Crippen molar-refractivity contribution < 1.29 is 0 Å². The minimum absolute atomic E-state index is 0.205. The molecule has 1 aliphatic heterocycles. The summed E-state index contributed by atoms with van der Waals surface area (Å²) in [5.74, 6) is 3.62. The zero-order valence-electron chi connectivity index (χ0n) is 14.3. The Hall–Kier alpha value is -1.24. The zero-order chi connectivity index (χ0) is 16.2. The second-order valence-corrected chi connectivity index (χ2v) is 7.96. The number of nitrogens with zero attached hydrogens (tertiary/aromatic N) is 4. The molecular formula is C15H28N6S. The summed E-state index contributed by atoms with van der Waals surface area (Å²) in [5.41, 5.74) is 0. The summed E-state index contributed by atoms with van der Waals surface area (Å²) < 4.78 is 2.44. The number of thioether (sulfide) groups is 1. The molecule has 1 atom stereocenters. The molecule has 1 aromatic rings. The standard InChI is InChI=1S/C15H28N6S/c1-11-19-20-13-7-6-12(9-21(11)13)8-17-14(16-4)18-10-15(2,3)22-5/h12H,6-10H2,1-5H3,(H2,16,17,18). The van der Waals surface area contributed by atoms with Crippen LogP contribution in [0.15, 0.2) is 4.99 Å². The Kier molecular flexibility index (Phi) is 5.72. The minimum atomic E-state index is 0.205. The second kappa shape index (κ2) is 7.35. The second-order valence-electron chi connectivity index (χ2n) is 6.45. The number of nitrogens with one attached hydrogen (secondary N) is 2. The van der Waals surface area contributed by atoms with Gasteiger partial charge in [-0.15, -0.1) is 10.2 Å². The fourth-order valence-corrected chi connectivity index (χ4v) is 2.74. The predicted molar refractivity (Wildman–Crippen MR) is 93.5 cm³/mol. The SMILES string of the molecule is CN=C(NCC1CCc2nnc(C)n2C1)NCC(C)(C)SC. The lowest BCUT2D eigenvalue weighted by atomic mass is 9.99. The first-order valence-electron chi connectivity index (χ1n) is 7.83. The summed E-state index contributed by atoms with van der Waals surface area (Å²) in [6.07, 6.45) is 4.30. The average Bonchev–Trinajstić information content (AvgIpc) is 2.88. The number of hydrogen-bond donors (Lipinski definition) is 2. The third-order valence-corrected chi connectivity index (χ3v) is 5.49. The van der Waals surface area contributed by atoms with Crippen LogP contribution >= 0.6 is 11.8 Å². The number of aliphatic imine (C=N–C) groups is 1. The van der Waals surface area contributed by atoms with Crippen LogP contribution in [-0.2, 0) is 13.0 Å². The van der Waals surface area contributed by atoms with Crippen LogP contribution in [0.5, 0.6) is 0 Å². The summed E-state index contributed by atoms with van der Waals surface area (Å²) in [6.45, 7) is 9.31. The van der Waals surface area contributed by atoms with Gasteiger partial charge in [-0.1, -0.05) is 0 Å². The molecule has 0 aliphatic carbocycles. The van der Waals surface area contributed by atoms with Gasteiger partial charge in [0.05, 0.1) is 0 Å². The van der Waals surface area contributed by atoms with E-state index in [1.165, 1.54) is 0 Å². The van der Waals surface area contributed by atoms with Crippen molar-refractivity contribution in [1.82, 2.24) is 25.4 Å². The fourth-order valence-electron chi connectivity index (χ4n) is 2.53. The maximum atomic E-state index is 4.32. The molecule has 7 heteroatoms. The first kappa shape index (κ1) is 17.1. The summed E-state index contributed by atoms with van der Waals surface area (Å²) in [4.78, 5) is 4.32. The number of aromatic nitrogens is 3. The van der Waals surface area contributed by atoms with Crippen molar-refractivity contribution in [2.45, 2.75) is 44.9 Å². The van der Waals surface area contributed by atoms with Gasteiger partial charge in [0.2, 0.25) is 0 Å². The van der Waals surface area contributed by atoms with Crippen LogP contribution in [-0.4, -0.2) is 51.9 Å². The van der Waals surface area contributed by atoms with Crippen molar-refractivity contribution in [2.75, 3.05) is 26.4 Å². The molecule has 0 bridgehead atoms. The lowest BCUT2D eigenvalue weighted by molar-refractivity contribution is 0.358. The molecule has 2 heterocycles. The number of rotatable bonds is 5. The Morgan fingerprint density at radius 2 is 2.18 bits per heavy atom. The minimum Gasteiger partial charge on any atom is -0.356 e. The topological polar surface area (TPSA) is 67.1 Å². The number of guanidine groups is 1. The van der Waals surface area contributed by atoms with Gasteiger partial charge in [0.25, 0.3) is 0 Å². The molecule has 0 radical (unpaired) electrons. The van der Waals surface area contributed by atoms with Crippen molar-refractivity contribution in [3.8, 4) is 0 Å². The highest BCUT2D eigenvalue weighted by atomic mass is 32.2. The van der Waals surface area contributed by atoms with Crippen LogP contribution in [0.1, 0.15) is 31.9 Å². The van der Waals surface area contributed by atoms with E-state index in [1.54, 1.807) is 0 Å². The molecule has 124 valence electrons. The Bertz CT molecular complexity index is 522. The smallest absolute Gasteiger partial charge is 0.191 e.